The fourth-order valence-corrected chi connectivity index (χ4v) is 2.05. The molecule has 0 aromatic carbocycles. The predicted molar refractivity (Wildman–Crippen MR) is 53.3 cm³/mol. The Labute approximate surface area is 80.1 Å². The maximum atomic E-state index is 9.19. The first-order valence-corrected chi connectivity index (χ1v) is 4.84. The molecule has 0 radical (unpaired) electrons. The van der Waals surface area contributed by atoms with Crippen LogP contribution in [0.2, 0.25) is 0 Å². The number of aromatic nitrogens is 2. The van der Waals surface area contributed by atoms with Crippen LogP contribution in [0.5, 0.6) is 0 Å². The van der Waals surface area contributed by atoms with E-state index in [2.05, 4.69) is 4.98 Å². The normalized spacial score (nSPS) is 11.0. The van der Waals surface area contributed by atoms with Crippen LogP contribution in [0.25, 0.3) is 4.96 Å². The van der Waals surface area contributed by atoms with E-state index in [0.717, 1.165) is 16.5 Å². The highest BCUT2D eigenvalue weighted by atomic mass is 32.1. The van der Waals surface area contributed by atoms with Crippen LogP contribution >= 0.6 is 11.3 Å². The molecule has 4 nitrogen and oxygen atoms in total. The van der Waals surface area contributed by atoms with E-state index in [1.54, 1.807) is 11.3 Å². The summed E-state index contributed by atoms with van der Waals surface area (Å²) in [6.07, 6.45) is 1.92. The number of imidazole rings is 1. The summed E-state index contributed by atoms with van der Waals surface area (Å²) in [4.78, 5) is 7.22. The second-order valence-electron chi connectivity index (χ2n) is 2.99. The molecule has 0 spiro atoms. The zero-order chi connectivity index (χ0) is 9.42. The average molecular weight is 197 g/mol. The highest BCUT2D eigenvalue weighted by Gasteiger charge is 2.12. The Hall–Kier alpha value is -1.07. The molecule has 0 fully saturated rings. The zero-order valence-electron chi connectivity index (χ0n) is 7.56. The summed E-state index contributed by atoms with van der Waals surface area (Å²) in [5, 5.41) is 11.1. The van der Waals surface area contributed by atoms with Crippen molar-refractivity contribution in [2.24, 2.45) is 0 Å². The Balaban J connectivity index is 2.67. The molecule has 0 aliphatic rings. The van der Waals surface area contributed by atoms with Gasteiger partial charge >= 0.3 is 0 Å². The number of thiazole rings is 1. The van der Waals surface area contributed by atoms with E-state index in [4.69, 9.17) is 0 Å². The second kappa shape index (κ2) is 3.01. The number of aliphatic hydroxyl groups is 1. The minimum Gasteiger partial charge on any atom is -0.390 e. The number of aliphatic hydroxyl groups excluding tert-OH is 1. The fraction of sp³-hybridized carbons (Fsp3) is 0.375. The molecule has 0 unspecified atom stereocenters. The van der Waals surface area contributed by atoms with E-state index < -0.39 is 0 Å². The standard InChI is InChI=1S/C8H11N3OS/c1-10(2)7-6(5-12)11-3-4-13-8(11)9-7/h3-4,12H,5H2,1-2H3. The Morgan fingerprint density at radius 3 is 3.00 bits per heavy atom. The number of hydrogen-bond donors (Lipinski definition) is 1. The first kappa shape index (κ1) is 8.52. The Kier molecular flexibility index (Phi) is 1.97. The van der Waals surface area contributed by atoms with Crippen molar-refractivity contribution >= 4 is 22.1 Å². The van der Waals surface area contributed by atoms with Crippen LogP contribution in [0.15, 0.2) is 11.6 Å². The minimum atomic E-state index is 0.0193. The fourth-order valence-electron chi connectivity index (χ4n) is 1.33. The number of nitrogens with zero attached hydrogens (tertiary/aromatic N) is 3. The van der Waals surface area contributed by atoms with Gasteiger partial charge in [-0.15, -0.1) is 11.3 Å². The summed E-state index contributed by atoms with van der Waals surface area (Å²) in [6.45, 7) is 0.0193. The largest absolute Gasteiger partial charge is 0.390 e. The summed E-state index contributed by atoms with van der Waals surface area (Å²) in [5.74, 6) is 0.842. The third kappa shape index (κ3) is 1.20. The van der Waals surface area contributed by atoms with Crippen molar-refractivity contribution in [2.45, 2.75) is 6.61 Å². The van der Waals surface area contributed by atoms with Crippen LogP contribution in [0.4, 0.5) is 5.82 Å². The molecule has 0 bridgehead atoms. The van der Waals surface area contributed by atoms with Gasteiger partial charge in [-0.2, -0.15) is 0 Å². The molecule has 2 aromatic rings. The third-order valence-corrected chi connectivity index (χ3v) is 2.67. The van der Waals surface area contributed by atoms with E-state index in [-0.39, 0.29) is 6.61 Å². The van der Waals surface area contributed by atoms with Gasteiger partial charge in [-0.3, -0.25) is 4.40 Å². The Bertz CT molecular complexity index is 418. The van der Waals surface area contributed by atoms with Crippen molar-refractivity contribution < 1.29 is 5.11 Å². The SMILES string of the molecule is CN(C)c1nc2sccn2c1CO. The van der Waals surface area contributed by atoms with Crippen molar-refractivity contribution in [3.8, 4) is 0 Å². The molecule has 0 aliphatic carbocycles. The van der Waals surface area contributed by atoms with E-state index in [0.29, 0.717) is 0 Å². The van der Waals surface area contributed by atoms with Gasteiger partial charge in [0.2, 0.25) is 0 Å². The second-order valence-corrected chi connectivity index (χ2v) is 3.86. The van der Waals surface area contributed by atoms with Crippen molar-refractivity contribution in [3.63, 3.8) is 0 Å². The van der Waals surface area contributed by atoms with Gasteiger partial charge in [0.05, 0.1) is 12.3 Å². The first-order valence-electron chi connectivity index (χ1n) is 3.96. The molecule has 70 valence electrons. The third-order valence-electron chi connectivity index (χ3n) is 1.91. The molecular weight excluding hydrogens is 186 g/mol. The van der Waals surface area contributed by atoms with Crippen molar-refractivity contribution in [3.05, 3.63) is 17.3 Å². The lowest BCUT2D eigenvalue weighted by atomic mass is 10.4. The van der Waals surface area contributed by atoms with Gasteiger partial charge in [0.15, 0.2) is 10.8 Å². The Morgan fingerprint density at radius 2 is 2.38 bits per heavy atom. The lowest BCUT2D eigenvalue weighted by molar-refractivity contribution is 0.276. The van der Waals surface area contributed by atoms with Gasteiger partial charge in [0.25, 0.3) is 0 Å². The monoisotopic (exact) mass is 197 g/mol. The van der Waals surface area contributed by atoms with E-state index in [9.17, 15) is 5.11 Å². The number of fused-ring (bicyclic) bond motifs is 1. The van der Waals surface area contributed by atoms with Gasteiger partial charge in [-0.05, 0) is 0 Å². The van der Waals surface area contributed by atoms with Crippen LogP contribution in [-0.2, 0) is 6.61 Å². The summed E-state index contributed by atoms with van der Waals surface area (Å²) in [7, 11) is 3.84. The summed E-state index contributed by atoms with van der Waals surface area (Å²) in [6, 6.07) is 0. The molecule has 2 rings (SSSR count). The maximum absolute atomic E-state index is 9.19. The van der Waals surface area contributed by atoms with Crippen molar-refractivity contribution in [2.75, 3.05) is 19.0 Å². The number of anilines is 1. The van der Waals surface area contributed by atoms with E-state index >= 15 is 0 Å². The van der Waals surface area contributed by atoms with Crippen molar-refractivity contribution in [1.82, 2.24) is 9.38 Å². The molecule has 2 aromatic heterocycles. The zero-order valence-corrected chi connectivity index (χ0v) is 8.38. The molecule has 2 heterocycles. The molecule has 5 heteroatoms. The summed E-state index contributed by atoms with van der Waals surface area (Å²) < 4.78 is 1.92. The van der Waals surface area contributed by atoms with Crippen LogP contribution in [-0.4, -0.2) is 28.6 Å². The number of hydrogen-bond acceptors (Lipinski definition) is 4. The van der Waals surface area contributed by atoms with Crippen LogP contribution < -0.4 is 4.90 Å². The van der Waals surface area contributed by atoms with Gasteiger partial charge in [-0.25, -0.2) is 4.98 Å². The Morgan fingerprint density at radius 1 is 1.62 bits per heavy atom. The topological polar surface area (TPSA) is 40.8 Å². The summed E-state index contributed by atoms with van der Waals surface area (Å²) in [5.41, 5.74) is 0.848. The lowest BCUT2D eigenvalue weighted by Crippen LogP contribution is -2.11. The van der Waals surface area contributed by atoms with Gasteiger partial charge in [-0.1, -0.05) is 0 Å². The molecule has 0 saturated carbocycles. The first-order chi connectivity index (χ1) is 6.24. The van der Waals surface area contributed by atoms with Gasteiger partial charge in [0.1, 0.15) is 0 Å². The van der Waals surface area contributed by atoms with Gasteiger partial charge in [0, 0.05) is 25.7 Å². The molecular formula is C8H11N3OS. The minimum absolute atomic E-state index is 0.0193. The molecule has 1 N–H and O–H groups in total. The predicted octanol–water partition coefficient (Wildman–Crippen LogP) is 0.954. The molecule has 0 aliphatic heterocycles. The summed E-state index contributed by atoms with van der Waals surface area (Å²) >= 11 is 1.57. The smallest absolute Gasteiger partial charge is 0.195 e. The van der Waals surface area contributed by atoms with Crippen LogP contribution in [0.3, 0.4) is 0 Å². The molecule has 13 heavy (non-hydrogen) atoms. The average Bonchev–Trinajstić information content (AvgIpc) is 2.60. The van der Waals surface area contributed by atoms with E-state index in [1.165, 1.54) is 0 Å². The molecule has 0 saturated heterocycles. The molecule has 0 amide bonds. The highest BCUT2D eigenvalue weighted by Crippen LogP contribution is 2.22. The van der Waals surface area contributed by atoms with E-state index in [1.807, 2.05) is 35.0 Å². The van der Waals surface area contributed by atoms with Crippen LogP contribution in [0.1, 0.15) is 5.69 Å². The lowest BCUT2D eigenvalue weighted by Gasteiger charge is -2.09. The van der Waals surface area contributed by atoms with Crippen molar-refractivity contribution in [1.29, 1.82) is 0 Å². The number of rotatable bonds is 2. The van der Waals surface area contributed by atoms with Gasteiger partial charge < -0.3 is 10.0 Å². The molecule has 0 atom stereocenters. The maximum Gasteiger partial charge on any atom is 0.195 e. The quantitative estimate of drug-likeness (QED) is 0.779. The van der Waals surface area contributed by atoms with Crippen LogP contribution in [0, 0.1) is 0 Å². The highest BCUT2D eigenvalue weighted by molar-refractivity contribution is 7.15.